The summed E-state index contributed by atoms with van der Waals surface area (Å²) in [5, 5.41) is 3.53. The van der Waals surface area contributed by atoms with Crippen molar-refractivity contribution in [2.75, 3.05) is 31.8 Å². The highest BCUT2D eigenvalue weighted by molar-refractivity contribution is 7.98. The molecule has 0 bridgehead atoms. The summed E-state index contributed by atoms with van der Waals surface area (Å²) >= 11 is 1.91. The maximum Gasteiger partial charge on any atom is 0.0477 e. The smallest absolute Gasteiger partial charge is 0.0477 e. The van der Waals surface area contributed by atoms with Crippen LogP contribution in [-0.2, 0) is 4.74 Å². The van der Waals surface area contributed by atoms with E-state index in [0.717, 1.165) is 26.2 Å². The summed E-state index contributed by atoms with van der Waals surface area (Å²) < 4.78 is 5.26. The van der Waals surface area contributed by atoms with Gasteiger partial charge >= 0.3 is 0 Å². The number of hydrogen-bond donors (Lipinski definition) is 1. The second-order valence-corrected chi connectivity index (χ2v) is 3.98. The van der Waals surface area contributed by atoms with Crippen LogP contribution in [0.25, 0.3) is 0 Å². The quantitative estimate of drug-likeness (QED) is 0.583. The Morgan fingerprint density at radius 1 is 1.38 bits per heavy atom. The van der Waals surface area contributed by atoms with Crippen LogP contribution in [0.2, 0.25) is 0 Å². The number of rotatable bonds is 9. The third-order valence-corrected chi connectivity index (χ3v) is 2.70. The Bertz CT molecular complexity index is 101. The van der Waals surface area contributed by atoms with E-state index in [2.05, 4.69) is 18.5 Å². The molecule has 13 heavy (non-hydrogen) atoms. The first kappa shape index (κ1) is 13.3. The summed E-state index contributed by atoms with van der Waals surface area (Å²) in [5.74, 6) is 1.21. The molecule has 0 rings (SSSR count). The molecule has 0 aromatic heterocycles. The molecule has 0 aliphatic rings. The third-order valence-electron chi connectivity index (χ3n) is 1.96. The van der Waals surface area contributed by atoms with E-state index >= 15 is 0 Å². The molecule has 1 atom stereocenters. The van der Waals surface area contributed by atoms with Crippen LogP contribution >= 0.6 is 11.8 Å². The summed E-state index contributed by atoms with van der Waals surface area (Å²) in [6.07, 6.45) is 4.50. The Morgan fingerprint density at radius 3 is 2.69 bits per heavy atom. The predicted octanol–water partition coefficient (Wildman–Crippen LogP) is 2.14. The number of ether oxygens (including phenoxy) is 1. The lowest BCUT2D eigenvalue weighted by molar-refractivity contribution is 0.144. The van der Waals surface area contributed by atoms with E-state index in [4.69, 9.17) is 4.74 Å². The highest BCUT2D eigenvalue weighted by atomic mass is 32.2. The molecule has 0 heterocycles. The molecule has 0 aromatic carbocycles. The second-order valence-electron chi connectivity index (χ2n) is 3.07. The van der Waals surface area contributed by atoms with Crippen LogP contribution < -0.4 is 5.32 Å². The average Bonchev–Trinajstić information content (AvgIpc) is 2.16. The summed E-state index contributed by atoms with van der Waals surface area (Å²) in [6.45, 7) is 7.08. The Labute approximate surface area is 86.8 Å². The molecule has 0 spiro atoms. The zero-order valence-corrected chi connectivity index (χ0v) is 9.95. The molecule has 1 N–H and O–H groups in total. The van der Waals surface area contributed by atoms with Gasteiger partial charge < -0.3 is 10.1 Å². The molecule has 0 saturated heterocycles. The molecule has 0 aliphatic carbocycles. The van der Waals surface area contributed by atoms with E-state index < -0.39 is 0 Å². The van der Waals surface area contributed by atoms with Crippen molar-refractivity contribution in [1.29, 1.82) is 0 Å². The molecule has 0 aromatic rings. The number of nitrogens with one attached hydrogen (secondary N) is 1. The van der Waals surface area contributed by atoms with Gasteiger partial charge in [0.15, 0.2) is 0 Å². The highest BCUT2D eigenvalue weighted by Crippen LogP contribution is 2.00. The molecule has 0 fully saturated rings. The lowest BCUT2D eigenvalue weighted by atomic mass is 10.2. The SMILES string of the molecule is CCOCCCNC(CC)CSC. The maximum absolute atomic E-state index is 5.26. The van der Waals surface area contributed by atoms with E-state index in [0.29, 0.717) is 6.04 Å². The minimum Gasteiger partial charge on any atom is -0.382 e. The lowest BCUT2D eigenvalue weighted by Crippen LogP contribution is -2.31. The van der Waals surface area contributed by atoms with E-state index in [1.165, 1.54) is 12.2 Å². The fourth-order valence-electron chi connectivity index (χ4n) is 1.15. The first-order valence-corrected chi connectivity index (χ1v) is 6.54. The fraction of sp³-hybridized carbons (Fsp3) is 1.00. The Balaban J connectivity index is 3.17. The van der Waals surface area contributed by atoms with Crippen LogP contribution in [0.3, 0.4) is 0 Å². The molecule has 0 saturated carbocycles. The third kappa shape index (κ3) is 8.60. The largest absolute Gasteiger partial charge is 0.382 e. The van der Waals surface area contributed by atoms with Gasteiger partial charge in [-0.1, -0.05) is 6.92 Å². The summed E-state index contributed by atoms with van der Waals surface area (Å²) in [7, 11) is 0. The van der Waals surface area contributed by atoms with E-state index in [9.17, 15) is 0 Å². The topological polar surface area (TPSA) is 21.3 Å². The molecular formula is C10H23NOS. The maximum atomic E-state index is 5.26. The minimum atomic E-state index is 0.677. The Morgan fingerprint density at radius 2 is 2.15 bits per heavy atom. The predicted molar refractivity (Wildman–Crippen MR) is 61.6 cm³/mol. The van der Waals surface area contributed by atoms with Crippen LogP contribution in [0.4, 0.5) is 0 Å². The van der Waals surface area contributed by atoms with E-state index in [1.807, 2.05) is 18.7 Å². The van der Waals surface area contributed by atoms with Gasteiger partial charge in [0.2, 0.25) is 0 Å². The molecule has 0 radical (unpaired) electrons. The molecule has 3 heteroatoms. The van der Waals surface area contributed by atoms with Crippen LogP contribution in [0.15, 0.2) is 0 Å². The zero-order chi connectivity index (χ0) is 9.94. The van der Waals surface area contributed by atoms with Gasteiger partial charge in [0.05, 0.1) is 0 Å². The normalized spacial score (nSPS) is 13.2. The molecule has 0 amide bonds. The van der Waals surface area contributed by atoms with Crippen molar-refractivity contribution in [2.45, 2.75) is 32.7 Å². The second kappa shape index (κ2) is 10.4. The number of thioether (sulfide) groups is 1. The van der Waals surface area contributed by atoms with Gasteiger partial charge in [0.1, 0.15) is 0 Å². The van der Waals surface area contributed by atoms with E-state index in [-0.39, 0.29) is 0 Å². The van der Waals surface area contributed by atoms with Gasteiger partial charge in [-0.25, -0.2) is 0 Å². The average molecular weight is 205 g/mol. The van der Waals surface area contributed by atoms with Crippen molar-refractivity contribution in [3.05, 3.63) is 0 Å². The van der Waals surface area contributed by atoms with Crippen molar-refractivity contribution >= 4 is 11.8 Å². The van der Waals surface area contributed by atoms with Gasteiger partial charge in [0, 0.05) is 25.0 Å². The standard InChI is InChI=1S/C10H23NOS/c1-4-10(9-13-3)11-7-6-8-12-5-2/h10-11H,4-9H2,1-3H3. The van der Waals surface area contributed by atoms with Crippen molar-refractivity contribution < 1.29 is 4.74 Å². The molecule has 2 nitrogen and oxygen atoms in total. The van der Waals surface area contributed by atoms with Crippen LogP contribution in [0, 0.1) is 0 Å². The summed E-state index contributed by atoms with van der Waals surface area (Å²) in [5.41, 5.74) is 0. The van der Waals surface area contributed by atoms with Crippen LogP contribution in [0.5, 0.6) is 0 Å². The molecule has 80 valence electrons. The minimum absolute atomic E-state index is 0.677. The van der Waals surface area contributed by atoms with Gasteiger partial charge in [0.25, 0.3) is 0 Å². The first-order valence-electron chi connectivity index (χ1n) is 5.15. The lowest BCUT2D eigenvalue weighted by Gasteiger charge is -2.15. The molecule has 0 aliphatic heterocycles. The molecular weight excluding hydrogens is 182 g/mol. The van der Waals surface area contributed by atoms with Gasteiger partial charge in [-0.05, 0) is 32.6 Å². The summed E-state index contributed by atoms with van der Waals surface area (Å²) in [4.78, 5) is 0. The van der Waals surface area contributed by atoms with Gasteiger partial charge in [-0.15, -0.1) is 0 Å². The van der Waals surface area contributed by atoms with E-state index in [1.54, 1.807) is 0 Å². The van der Waals surface area contributed by atoms with Gasteiger partial charge in [-0.3, -0.25) is 0 Å². The van der Waals surface area contributed by atoms with Crippen LogP contribution in [0.1, 0.15) is 26.7 Å². The number of hydrogen-bond acceptors (Lipinski definition) is 3. The zero-order valence-electron chi connectivity index (χ0n) is 9.14. The summed E-state index contributed by atoms with van der Waals surface area (Å²) in [6, 6.07) is 0.677. The van der Waals surface area contributed by atoms with Crippen molar-refractivity contribution in [1.82, 2.24) is 5.32 Å². The Hall–Kier alpha value is 0.270. The van der Waals surface area contributed by atoms with Crippen molar-refractivity contribution in [3.63, 3.8) is 0 Å². The Kier molecular flexibility index (Phi) is 10.6. The highest BCUT2D eigenvalue weighted by Gasteiger charge is 2.02. The van der Waals surface area contributed by atoms with Crippen molar-refractivity contribution in [2.24, 2.45) is 0 Å². The fourth-order valence-corrected chi connectivity index (χ4v) is 1.90. The molecule has 1 unspecified atom stereocenters. The van der Waals surface area contributed by atoms with Gasteiger partial charge in [-0.2, -0.15) is 11.8 Å². The monoisotopic (exact) mass is 205 g/mol. The first-order chi connectivity index (χ1) is 6.35. The van der Waals surface area contributed by atoms with Crippen molar-refractivity contribution in [3.8, 4) is 0 Å². The van der Waals surface area contributed by atoms with Crippen LogP contribution in [-0.4, -0.2) is 37.8 Å².